The summed E-state index contributed by atoms with van der Waals surface area (Å²) < 4.78 is 17.3. The SMILES string of the molecule is NCc1cccc(-c2cc(COc3ccccc3CC(=O)O)c(OCC(=O)[O-])c3ccoc23)c1.O.[Li+]. The molecule has 36 heavy (non-hydrogen) atoms. The molecule has 0 saturated carbocycles. The van der Waals surface area contributed by atoms with Gasteiger partial charge in [-0.25, -0.2) is 0 Å². The van der Waals surface area contributed by atoms with Gasteiger partial charge in [0.15, 0.2) is 0 Å². The summed E-state index contributed by atoms with van der Waals surface area (Å²) in [7, 11) is 0. The summed E-state index contributed by atoms with van der Waals surface area (Å²) in [4.78, 5) is 22.3. The van der Waals surface area contributed by atoms with Crippen molar-refractivity contribution >= 4 is 22.9 Å². The molecule has 1 aromatic heterocycles. The van der Waals surface area contributed by atoms with Crippen molar-refractivity contribution in [2.75, 3.05) is 6.61 Å². The number of hydrogen-bond acceptors (Lipinski definition) is 7. The topological polar surface area (TPSA) is 167 Å². The van der Waals surface area contributed by atoms with Crippen molar-refractivity contribution in [3.8, 4) is 22.6 Å². The monoisotopic (exact) mass is 485 g/mol. The summed E-state index contributed by atoms with van der Waals surface area (Å²) in [5.74, 6) is -1.64. The van der Waals surface area contributed by atoms with E-state index in [4.69, 9.17) is 19.6 Å². The predicted octanol–water partition coefficient (Wildman–Crippen LogP) is -0.927. The summed E-state index contributed by atoms with van der Waals surface area (Å²) in [6, 6.07) is 18.0. The van der Waals surface area contributed by atoms with E-state index in [1.54, 1.807) is 30.3 Å². The average Bonchev–Trinajstić information content (AvgIpc) is 3.31. The molecule has 0 fully saturated rings. The van der Waals surface area contributed by atoms with Crippen LogP contribution >= 0.6 is 0 Å². The van der Waals surface area contributed by atoms with Crippen LogP contribution in [0.3, 0.4) is 0 Å². The molecule has 9 nitrogen and oxygen atoms in total. The van der Waals surface area contributed by atoms with Gasteiger partial charge in [-0.1, -0.05) is 36.4 Å². The largest absolute Gasteiger partial charge is 1.00 e. The summed E-state index contributed by atoms with van der Waals surface area (Å²) in [5, 5.41) is 20.8. The molecule has 0 aliphatic heterocycles. The minimum Gasteiger partial charge on any atom is -0.546 e. The smallest absolute Gasteiger partial charge is 0.546 e. The number of carboxylic acids is 2. The van der Waals surface area contributed by atoms with E-state index >= 15 is 0 Å². The summed E-state index contributed by atoms with van der Waals surface area (Å²) in [5.41, 5.74) is 9.98. The molecule has 0 saturated heterocycles. The van der Waals surface area contributed by atoms with Gasteiger partial charge in [-0.05, 0) is 35.4 Å². The number of hydrogen-bond donors (Lipinski definition) is 2. The molecule has 5 N–H and O–H groups in total. The van der Waals surface area contributed by atoms with Crippen molar-refractivity contribution in [1.29, 1.82) is 0 Å². The second kappa shape index (κ2) is 12.8. The standard InChI is InChI=1S/C26H23NO7.Li.H2O/c27-13-16-4-3-6-17(10-16)21-11-19(14-33-22-7-2-1-5-18(22)12-23(28)29)25(34-15-24(30)31)20-8-9-32-26(20)21;;/h1-11H,12-15,27H2,(H,28,29)(H,30,31);;1H2/q;+1;/p-1. The third-order valence-corrected chi connectivity index (χ3v) is 5.27. The molecular formula is C26H24LiNO8. The van der Waals surface area contributed by atoms with Crippen LogP contribution in [-0.4, -0.2) is 29.1 Å². The van der Waals surface area contributed by atoms with E-state index in [9.17, 15) is 19.8 Å². The third-order valence-electron chi connectivity index (χ3n) is 5.27. The van der Waals surface area contributed by atoms with E-state index < -0.39 is 18.5 Å². The van der Waals surface area contributed by atoms with Crippen LogP contribution < -0.4 is 39.2 Å². The van der Waals surface area contributed by atoms with Gasteiger partial charge >= 0.3 is 24.8 Å². The molecule has 0 atom stereocenters. The predicted molar refractivity (Wildman–Crippen MR) is 126 cm³/mol. The van der Waals surface area contributed by atoms with Crippen LogP contribution in [0.2, 0.25) is 0 Å². The summed E-state index contributed by atoms with van der Waals surface area (Å²) >= 11 is 0. The van der Waals surface area contributed by atoms with Crippen LogP contribution in [0.1, 0.15) is 16.7 Å². The van der Waals surface area contributed by atoms with E-state index in [0.717, 1.165) is 16.7 Å². The van der Waals surface area contributed by atoms with E-state index in [0.29, 0.717) is 40.1 Å². The first-order chi connectivity index (χ1) is 16.5. The fourth-order valence-corrected chi connectivity index (χ4v) is 3.77. The van der Waals surface area contributed by atoms with Crippen molar-refractivity contribution in [2.45, 2.75) is 19.6 Å². The molecule has 0 aliphatic carbocycles. The average molecular weight is 485 g/mol. The third kappa shape index (κ3) is 6.47. The Bertz CT molecular complexity index is 1350. The van der Waals surface area contributed by atoms with Crippen LogP contribution in [0.15, 0.2) is 71.3 Å². The number of rotatable bonds is 10. The fraction of sp³-hybridized carbons (Fsp3) is 0.154. The first-order valence-corrected chi connectivity index (χ1v) is 10.5. The Labute approximate surface area is 218 Å². The number of furan rings is 1. The quantitative estimate of drug-likeness (QED) is 0.272. The summed E-state index contributed by atoms with van der Waals surface area (Å²) in [6.07, 6.45) is 1.31. The Morgan fingerprint density at radius 3 is 2.50 bits per heavy atom. The van der Waals surface area contributed by atoms with Crippen LogP contribution in [-0.2, 0) is 29.2 Å². The van der Waals surface area contributed by atoms with E-state index in [1.807, 2.05) is 30.3 Å². The molecule has 0 spiro atoms. The molecule has 0 radical (unpaired) electrons. The van der Waals surface area contributed by atoms with Gasteiger partial charge in [-0.3, -0.25) is 4.79 Å². The maximum atomic E-state index is 11.2. The van der Waals surface area contributed by atoms with Crippen molar-refractivity contribution < 1.29 is 58.0 Å². The number of fused-ring (bicyclic) bond motifs is 1. The van der Waals surface area contributed by atoms with Crippen LogP contribution in [0.4, 0.5) is 0 Å². The van der Waals surface area contributed by atoms with Gasteiger partial charge in [0.05, 0.1) is 24.0 Å². The molecule has 182 valence electrons. The number of para-hydroxylation sites is 1. The van der Waals surface area contributed by atoms with Crippen molar-refractivity contribution in [2.24, 2.45) is 5.73 Å². The van der Waals surface area contributed by atoms with Crippen LogP contribution in [0.25, 0.3) is 22.1 Å². The van der Waals surface area contributed by atoms with Crippen molar-refractivity contribution in [3.63, 3.8) is 0 Å². The van der Waals surface area contributed by atoms with Gasteiger partial charge in [0, 0.05) is 23.2 Å². The van der Waals surface area contributed by atoms with E-state index in [-0.39, 0.29) is 37.4 Å². The molecule has 0 aliphatic rings. The molecule has 0 amide bonds. The first kappa shape index (κ1) is 28.5. The van der Waals surface area contributed by atoms with Gasteiger partial charge in [-0.15, -0.1) is 0 Å². The van der Waals surface area contributed by atoms with Gasteiger partial charge in [0.2, 0.25) is 0 Å². The zero-order valence-corrected chi connectivity index (χ0v) is 19.7. The van der Waals surface area contributed by atoms with E-state index in [2.05, 4.69) is 0 Å². The number of ether oxygens (including phenoxy) is 2. The maximum absolute atomic E-state index is 11.2. The van der Waals surface area contributed by atoms with Gasteiger partial charge in [-0.2, -0.15) is 0 Å². The number of nitrogens with two attached hydrogens (primary N) is 1. The minimum atomic E-state index is -1.37. The molecule has 0 unspecified atom stereocenters. The first-order valence-electron chi connectivity index (χ1n) is 10.5. The number of carbonyl (C=O) groups excluding carboxylic acids is 1. The normalized spacial score (nSPS) is 10.2. The zero-order valence-electron chi connectivity index (χ0n) is 19.7. The molecule has 1 heterocycles. The fourth-order valence-electron chi connectivity index (χ4n) is 3.77. The number of carbonyl (C=O) groups is 2. The summed E-state index contributed by atoms with van der Waals surface area (Å²) in [6.45, 7) is -0.271. The van der Waals surface area contributed by atoms with Crippen LogP contribution in [0, 0.1) is 0 Å². The Morgan fingerprint density at radius 2 is 1.78 bits per heavy atom. The molecule has 0 bridgehead atoms. The Morgan fingerprint density at radius 1 is 1.00 bits per heavy atom. The Balaban J connectivity index is 0.00000228. The van der Waals surface area contributed by atoms with Crippen molar-refractivity contribution in [3.05, 3.63) is 83.6 Å². The van der Waals surface area contributed by atoms with Gasteiger partial charge < -0.3 is 40.1 Å². The van der Waals surface area contributed by atoms with E-state index in [1.165, 1.54) is 6.26 Å². The maximum Gasteiger partial charge on any atom is 1.00 e. The van der Waals surface area contributed by atoms with Gasteiger partial charge in [0.25, 0.3) is 0 Å². The second-order valence-corrected chi connectivity index (χ2v) is 7.61. The number of carboxylic acid groups (broad SMARTS) is 2. The van der Waals surface area contributed by atoms with Gasteiger partial charge in [0.1, 0.15) is 30.3 Å². The second-order valence-electron chi connectivity index (χ2n) is 7.61. The molecule has 4 aromatic rings. The molecule has 3 aromatic carbocycles. The molecule has 4 rings (SSSR count). The molecule has 10 heteroatoms. The minimum absolute atomic E-state index is 0. The Kier molecular flexibility index (Phi) is 10.1. The van der Waals surface area contributed by atoms with Crippen molar-refractivity contribution in [1.82, 2.24) is 0 Å². The Hall–Kier alpha value is -3.74. The zero-order chi connectivity index (χ0) is 24.1. The number of benzene rings is 3. The number of aliphatic carboxylic acids is 2. The van der Waals surface area contributed by atoms with Crippen LogP contribution in [0.5, 0.6) is 11.5 Å². The molecular weight excluding hydrogens is 461 g/mol.